The van der Waals surface area contributed by atoms with Crippen LogP contribution in [0.3, 0.4) is 0 Å². The zero-order valence-corrected chi connectivity index (χ0v) is 10.9. The standard InChI is InChI=1S/C12H16F3NO.ClH/c1-2-17-10-5-3-9(4-6-10)11(16)7-8-12(13,14)15;/h3-6,11H,2,7-8,16H2,1H3;1H/t11-;/m1./s1. The van der Waals surface area contributed by atoms with Crippen molar-refractivity contribution in [3.05, 3.63) is 29.8 Å². The van der Waals surface area contributed by atoms with Gasteiger partial charge in [0.25, 0.3) is 0 Å². The molecule has 0 heterocycles. The molecule has 1 aromatic carbocycles. The maximum atomic E-state index is 12.0. The first kappa shape index (κ1) is 17.1. The summed E-state index contributed by atoms with van der Waals surface area (Å²) < 4.78 is 41.3. The molecule has 6 heteroatoms. The normalized spacial score (nSPS) is 12.7. The zero-order valence-electron chi connectivity index (χ0n) is 10.0. The first-order valence-electron chi connectivity index (χ1n) is 5.47. The SMILES string of the molecule is CCOc1ccc([C@H](N)CCC(F)(F)F)cc1.Cl. The molecule has 0 bridgehead atoms. The number of halogens is 4. The molecule has 0 aliphatic heterocycles. The Kier molecular flexibility index (Phi) is 7.09. The van der Waals surface area contributed by atoms with E-state index in [9.17, 15) is 13.2 Å². The van der Waals surface area contributed by atoms with Crippen molar-refractivity contribution in [3.63, 3.8) is 0 Å². The second-order valence-corrected chi connectivity index (χ2v) is 3.76. The van der Waals surface area contributed by atoms with Crippen LogP contribution in [-0.4, -0.2) is 12.8 Å². The van der Waals surface area contributed by atoms with Crippen molar-refractivity contribution in [2.75, 3.05) is 6.61 Å². The lowest BCUT2D eigenvalue weighted by Crippen LogP contribution is -2.15. The monoisotopic (exact) mass is 283 g/mol. The summed E-state index contributed by atoms with van der Waals surface area (Å²) in [5.74, 6) is 0.694. The van der Waals surface area contributed by atoms with E-state index in [0.717, 1.165) is 0 Å². The summed E-state index contributed by atoms with van der Waals surface area (Å²) in [6.07, 6.45) is -5.11. The molecule has 0 aliphatic carbocycles. The third-order valence-electron chi connectivity index (χ3n) is 2.36. The van der Waals surface area contributed by atoms with Gasteiger partial charge in [0.05, 0.1) is 6.61 Å². The predicted molar refractivity (Wildman–Crippen MR) is 67.1 cm³/mol. The lowest BCUT2D eigenvalue weighted by molar-refractivity contribution is -0.136. The summed E-state index contributed by atoms with van der Waals surface area (Å²) >= 11 is 0. The van der Waals surface area contributed by atoms with E-state index in [1.807, 2.05) is 6.92 Å². The van der Waals surface area contributed by atoms with Gasteiger partial charge in [-0.3, -0.25) is 0 Å². The number of hydrogen-bond donors (Lipinski definition) is 1. The van der Waals surface area contributed by atoms with Crippen molar-refractivity contribution in [2.45, 2.75) is 32.0 Å². The molecule has 0 unspecified atom stereocenters. The van der Waals surface area contributed by atoms with Gasteiger partial charge < -0.3 is 10.5 Å². The van der Waals surface area contributed by atoms with E-state index in [2.05, 4.69) is 0 Å². The van der Waals surface area contributed by atoms with Gasteiger partial charge in [-0.1, -0.05) is 12.1 Å². The minimum Gasteiger partial charge on any atom is -0.494 e. The summed E-state index contributed by atoms with van der Waals surface area (Å²) in [7, 11) is 0. The second-order valence-electron chi connectivity index (χ2n) is 3.76. The van der Waals surface area contributed by atoms with Crippen molar-refractivity contribution in [3.8, 4) is 5.75 Å². The summed E-state index contributed by atoms with van der Waals surface area (Å²) in [6.45, 7) is 2.42. The number of nitrogens with two attached hydrogens (primary N) is 1. The fraction of sp³-hybridized carbons (Fsp3) is 0.500. The highest BCUT2D eigenvalue weighted by molar-refractivity contribution is 5.85. The van der Waals surface area contributed by atoms with E-state index in [4.69, 9.17) is 10.5 Å². The van der Waals surface area contributed by atoms with Gasteiger partial charge in [0.2, 0.25) is 0 Å². The highest BCUT2D eigenvalue weighted by Gasteiger charge is 2.27. The van der Waals surface area contributed by atoms with Crippen LogP contribution in [0.25, 0.3) is 0 Å². The molecule has 2 nitrogen and oxygen atoms in total. The minimum absolute atomic E-state index is 0. The quantitative estimate of drug-likeness (QED) is 0.891. The van der Waals surface area contributed by atoms with Crippen LogP contribution >= 0.6 is 12.4 Å². The van der Waals surface area contributed by atoms with Crippen molar-refractivity contribution in [2.24, 2.45) is 5.73 Å². The summed E-state index contributed by atoms with van der Waals surface area (Å²) in [5.41, 5.74) is 6.38. The molecule has 104 valence electrons. The molecule has 0 saturated carbocycles. The lowest BCUT2D eigenvalue weighted by atomic mass is 10.0. The average Bonchev–Trinajstić information content (AvgIpc) is 2.26. The van der Waals surface area contributed by atoms with Crippen LogP contribution in [0.15, 0.2) is 24.3 Å². The van der Waals surface area contributed by atoms with Crippen LogP contribution in [0.4, 0.5) is 13.2 Å². The molecule has 18 heavy (non-hydrogen) atoms. The van der Waals surface area contributed by atoms with Gasteiger partial charge in [-0.05, 0) is 31.0 Å². The van der Waals surface area contributed by atoms with Crippen LogP contribution in [0.5, 0.6) is 5.75 Å². The molecular weight excluding hydrogens is 267 g/mol. The van der Waals surface area contributed by atoms with E-state index < -0.39 is 18.6 Å². The van der Waals surface area contributed by atoms with Gasteiger partial charge in [-0.15, -0.1) is 12.4 Å². The third-order valence-corrected chi connectivity index (χ3v) is 2.36. The average molecular weight is 284 g/mol. The maximum absolute atomic E-state index is 12.0. The molecule has 0 radical (unpaired) electrons. The summed E-state index contributed by atoms with van der Waals surface area (Å²) in [5, 5.41) is 0. The highest BCUT2D eigenvalue weighted by atomic mass is 35.5. The molecule has 1 aromatic rings. The summed E-state index contributed by atoms with van der Waals surface area (Å²) in [4.78, 5) is 0. The van der Waals surface area contributed by atoms with E-state index >= 15 is 0 Å². The first-order valence-corrected chi connectivity index (χ1v) is 5.47. The molecule has 0 aliphatic rings. The van der Waals surface area contributed by atoms with Crippen LogP contribution < -0.4 is 10.5 Å². The Balaban J connectivity index is 0.00000289. The smallest absolute Gasteiger partial charge is 0.389 e. The Bertz CT molecular complexity index is 340. The number of benzene rings is 1. The number of alkyl halides is 3. The molecule has 0 fully saturated rings. The Hall–Kier alpha value is -0.940. The number of hydrogen-bond acceptors (Lipinski definition) is 2. The van der Waals surface area contributed by atoms with E-state index in [-0.39, 0.29) is 18.8 Å². The Morgan fingerprint density at radius 3 is 2.22 bits per heavy atom. The molecule has 0 spiro atoms. The van der Waals surface area contributed by atoms with E-state index in [0.29, 0.717) is 17.9 Å². The number of rotatable bonds is 5. The predicted octanol–water partition coefficient (Wildman–Crippen LogP) is 3.85. The largest absolute Gasteiger partial charge is 0.494 e. The van der Waals surface area contributed by atoms with Crippen LogP contribution in [-0.2, 0) is 0 Å². The summed E-state index contributed by atoms with van der Waals surface area (Å²) in [6, 6.07) is 6.24. The fourth-order valence-electron chi connectivity index (χ4n) is 1.46. The first-order chi connectivity index (χ1) is 7.92. The van der Waals surface area contributed by atoms with Crippen LogP contribution in [0.2, 0.25) is 0 Å². The minimum atomic E-state index is -4.15. The van der Waals surface area contributed by atoms with Crippen molar-refractivity contribution in [1.82, 2.24) is 0 Å². The van der Waals surface area contributed by atoms with Crippen molar-refractivity contribution >= 4 is 12.4 Å². The number of ether oxygens (including phenoxy) is 1. The zero-order chi connectivity index (χ0) is 12.9. The van der Waals surface area contributed by atoms with Gasteiger partial charge in [0.15, 0.2) is 0 Å². The third kappa shape index (κ3) is 6.12. The van der Waals surface area contributed by atoms with Crippen molar-refractivity contribution in [1.29, 1.82) is 0 Å². The van der Waals surface area contributed by atoms with E-state index in [1.165, 1.54) is 0 Å². The molecule has 2 N–H and O–H groups in total. The van der Waals surface area contributed by atoms with E-state index in [1.54, 1.807) is 24.3 Å². The van der Waals surface area contributed by atoms with Gasteiger partial charge in [-0.2, -0.15) is 13.2 Å². The molecule has 0 aromatic heterocycles. The van der Waals surface area contributed by atoms with Gasteiger partial charge >= 0.3 is 6.18 Å². The topological polar surface area (TPSA) is 35.2 Å². The Morgan fingerprint density at radius 1 is 1.22 bits per heavy atom. The molecule has 0 amide bonds. The Morgan fingerprint density at radius 2 is 1.78 bits per heavy atom. The molecule has 0 saturated heterocycles. The highest BCUT2D eigenvalue weighted by Crippen LogP contribution is 2.27. The van der Waals surface area contributed by atoms with Crippen LogP contribution in [0.1, 0.15) is 31.4 Å². The van der Waals surface area contributed by atoms with Crippen LogP contribution in [0, 0.1) is 0 Å². The van der Waals surface area contributed by atoms with Gasteiger partial charge in [0, 0.05) is 12.5 Å². The molecular formula is C12H17ClF3NO. The fourth-order valence-corrected chi connectivity index (χ4v) is 1.46. The second kappa shape index (κ2) is 7.48. The lowest BCUT2D eigenvalue weighted by Gasteiger charge is -2.14. The van der Waals surface area contributed by atoms with Gasteiger partial charge in [0.1, 0.15) is 5.75 Å². The maximum Gasteiger partial charge on any atom is 0.389 e. The Labute approximate surface area is 111 Å². The molecule has 1 atom stereocenters. The van der Waals surface area contributed by atoms with Gasteiger partial charge in [-0.25, -0.2) is 0 Å². The molecule has 1 rings (SSSR count). The van der Waals surface area contributed by atoms with Crippen molar-refractivity contribution < 1.29 is 17.9 Å².